The molecule has 1 aromatic rings. The second kappa shape index (κ2) is 12.8. The van der Waals surface area contributed by atoms with Crippen LogP contribution in [0.5, 0.6) is 0 Å². The van der Waals surface area contributed by atoms with Crippen molar-refractivity contribution >= 4 is 29.3 Å². The number of benzene rings is 1. The summed E-state index contributed by atoms with van der Waals surface area (Å²) < 4.78 is 10.2. The predicted molar refractivity (Wildman–Crippen MR) is 115 cm³/mol. The Morgan fingerprint density at radius 2 is 2.10 bits per heavy atom. The number of amides is 1. The molecule has 1 amide bonds. The van der Waals surface area contributed by atoms with Gasteiger partial charge in [-0.3, -0.25) is 9.59 Å². The summed E-state index contributed by atoms with van der Waals surface area (Å²) >= 11 is 5.24. The molecule has 0 radical (unpaired) electrons. The molecule has 1 N–H and O–H groups in total. The largest absolute Gasteiger partial charge is 0.469 e. The molecule has 1 heterocycles. The summed E-state index contributed by atoms with van der Waals surface area (Å²) in [6.07, 6.45) is 3.74. The molecule has 0 aromatic heterocycles. The zero-order chi connectivity index (χ0) is 20.9. The lowest BCUT2D eigenvalue weighted by Crippen LogP contribution is -2.38. The van der Waals surface area contributed by atoms with Crippen LogP contribution >= 0.6 is 12.2 Å². The molecule has 1 atom stereocenters. The van der Waals surface area contributed by atoms with Crippen LogP contribution in [0.3, 0.4) is 0 Å². The van der Waals surface area contributed by atoms with Gasteiger partial charge >= 0.3 is 5.97 Å². The Kier molecular flexibility index (Phi) is 10.0. The number of nitrogens with one attached hydrogen (secondary N) is 1. The molecule has 0 unspecified atom stereocenters. The van der Waals surface area contributed by atoms with Crippen molar-refractivity contribution in [1.29, 1.82) is 0 Å². The number of methoxy groups -OCH3 is 1. The third-order valence-corrected chi connectivity index (χ3v) is 4.93. The van der Waals surface area contributed by atoms with Gasteiger partial charge in [0.15, 0.2) is 0 Å². The average Bonchev–Trinajstić information content (AvgIpc) is 3.09. The number of carbonyl (C=O) groups excluding carboxylic acids is 2. The smallest absolute Gasteiger partial charge is 0.305 e. The van der Waals surface area contributed by atoms with Crippen molar-refractivity contribution in [2.45, 2.75) is 44.6 Å². The number of ether oxygens (including phenoxy) is 2. The Bertz CT molecular complexity index is 742. The summed E-state index contributed by atoms with van der Waals surface area (Å²) in [6, 6.07) is 10.1. The lowest BCUT2D eigenvalue weighted by Gasteiger charge is -2.23. The first kappa shape index (κ1) is 22.7. The molecular weight excluding hydrogens is 388 g/mol. The first-order valence-corrected chi connectivity index (χ1v) is 10.3. The van der Waals surface area contributed by atoms with Crippen LogP contribution in [-0.4, -0.2) is 54.8 Å². The van der Waals surface area contributed by atoms with Crippen LogP contribution in [0, 0.1) is 11.8 Å². The van der Waals surface area contributed by atoms with E-state index in [9.17, 15) is 9.59 Å². The first-order valence-electron chi connectivity index (χ1n) is 9.86. The quantitative estimate of drug-likeness (QED) is 0.289. The Labute approximate surface area is 177 Å². The summed E-state index contributed by atoms with van der Waals surface area (Å²) in [7, 11) is 1.37. The van der Waals surface area contributed by atoms with Crippen molar-refractivity contribution in [3.63, 3.8) is 0 Å². The van der Waals surface area contributed by atoms with Crippen molar-refractivity contribution < 1.29 is 19.1 Å². The predicted octanol–water partition coefficient (Wildman–Crippen LogP) is 2.46. The SMILES string of the molecule is COC(=O)CCCC#CCN1C(=O)CC[C@@H]1COC(=S)NCCc1ccccc1. The van der Waals surface area contributed by atoms with Gasteiger partial charge in [0, 0.05) is 25.8 Å². The van der Waals surface area contributed by atoms with Crippen LogP contribution in [0.4, 0.5) is 0 Å². The highest BCUT2D eigenvalue weighted by Crippen LogP contribution is 2.18. The number of nitrogens with zero attached hydrogens (tertiary/aromatic N) is 1. The Hall–Kier alpha value is -2.59. The molecule has 1 aliphatic rings. The van der Waals surface area contributed by atoms with Crippen LogP contribution in [0.2, 0.25) is 0 Å². The fourth-order valence-corrected chi connectivity index (χ4v) is 3.18. The highest BCUT2D eigenvalue weighted by Gasteiger charge is 2.30. The standard InChI is InChI=1S/C22H28N2O4S/c1-27-21(26)11-7-2-3-8-16-24-19(12-13-20(24)25)17-28-22(29)23-15-14-18-9-5-4-6-10-18/h4-6,9-10,19H,2,7,11-17H2,1H3,(H,23,29)/t19-/m1/s1. The zero-order valence-corrected chi connectivity index (χ0v) is 17.6. The van der Waals surface area contributed by atoms with E-state index in [4.69, 9.17) is 17.0 Å². The molecule has 2 rings (SSSR count). The van der Waals surface area contributed by atoms with Crippen molar-refractivity contribution in [1.82, 2.24) is 10.2 Å². The highest BCUT2D eigenvalue weighted by atomic mass is 32.1. The van der Waals surface area contributed by atoms with Crippen LogP contribution in [0.1, 0.15) is 37.7 Å². The third kappa shape index (κ3) is 8.53. The Morgan fingerprint density at radius 3 is 2.86 bits per heavy atom. The van der Waals surface area contributed by atoms with Crippen LogP contribution < -0.4 is 5.32 Å². The average molecular weight is 417 g/mol. The minimum atomic E-state index is -0.230. The molecule has 1 aromatic carbocycles. The molecule has 1 aliphatic heterocycles. The molecule has 0 spiro atoms. The van der Waals surface area contributed by atoms with Gasteiger partial charge in [-0.2, -0.15) is 0 Å². The number of unbranched alkanes of at least 4 members (excludes halogenated alkanes) is 1. The van der Waals surface area contributed by atoms with Crippen LogP contribution in [-0.2, 0) is 25.5 Å². The first-order chi connectivity index (χ1) is 14.1. The van der Waals surface area contributed by atoms with E-state index in [1.54, 1.807) is 4.90 Å². The maximum Gasteiger partial charge on any atom is 0.305 e. The number of rotatable bonds is 9. The number of hydrogen-bond acceptors (Lipinski definition) is 5. The molecule has 1 saturated heterocycles. The summed E-state index contributed by atoms with van der Waals surface area (Å²) in [5, 5.41) is 3.46. The van der Waals surface area contributed by atoms with Gasteiger partial charge < -0.3 is 19.7 Å². The minimum Gasteiger partial charge on any atom is -0.469 e. The van der Waals surface area contributed by atoms with Gasteiger partial charge in [-0.25, -0.2) is 0 Å². The lowest BCUT2D eigenvalue weighted by molar-refractivity contribution is -0.140. The van der Waals surface area contributed by atoms with Gasteiger partial charge in [0.1, 0.15) is 6.61 Å². The van der Waals surface area contributed by atoms with Gasteiger partial charge in [-0.05, 0) is 37.0 Å². The van der Waals surface area contributed by atoms with Gasteiger partial charge in [0.2, 0.25) is 5.91 Å². The van der Waals surface area contributed by atoms with Crippen LogP contribution in [0.25, 0.3) is 0 Å². The van der Waals surface area contributed by atoms with E-state index in [2.05, 4.69) is 34.0 Å². The lowest BCUT2D eigenvalue weighted by atomic mass is 10.1. The fraction of sp³-hybridized carbons (Fsp3) is 0.500. The molecule has 0 aliphatic carbocycles. The van der Waals surface area contributed by atoms with Gasteiger partial charge in [-0.15, -0.1) is 5.92 Å². The summed E-state index contributed by atoms with van der Waals surface area (Å²) in [4.78, 5) is 24.9. The summed E-state index contributed by atoms with van der Waals surface area (Å²) in [5.74, 6) is 5.89. The number of carbonyl (C=O) groups is 2. The molecule has 156 valence electrons. The van der Waals surface area contributed by atoms with Crippen molar-refractivity contribution in [3.8, 4) is 11.8 Å². The normalized spacial score (nSPS) is 15.4. The third-order valence-electron chi connectivity index (χ3n) is 4.67. The molecule has 7 heteroatoms. The number of likely N-dealkylation sites (tertiary alicyclic amines) is 1. The second-order valence-electron chi connectivity index (χ2n) is 6.76. The monoisotopic (exact) mass is 416 g/mol. The van der Waals surface area contributed by atoms with Crippen molar-refractivity contribution in [2.75, 3.05) is 26.8 Å². The van der Waals surface area contributed by atoms with E-state index in [0.717, 1.165) is 12.8 Å². The fourth-order valence-electron chi connectivity index (χ4n) is 3.01. The second-order valence-corrected chi connectivity index (χ2v) is 7.13. The van der Waals surface area contributed by atoms with E-state index < -0.39 is 0 Å². The highest BCUT2D eigenvalue weighted by molar-refractivity contribution is 7.80. The molecular formula is C22H28N2O4S. The molecule has 0 bridgehead atoms. The summed E-state index contributed by atoms with van der Waals surface area (Å²) in [5.41, 5.74) is 1.24. The van der Waals surface area contributed by atoms with E-state index >= 15 is 0 Å². The van der Waals surface area contributed by atoms with Crippen molar-refractivity contribution in [3.05, 3.63) is 35.9 Å². The maximum absolute atomic E-state index is 12.1. The van der Waals surface area contributed by atoms with E-state index in [1.165, 1.54) is 12.7 Å². The zero-order valence-electron chi connectivity index (χ0n) is 16.8. The van der Waals surface area contributed by atoms with E-state index in [-0.39, 0.29) is 17.9 Å². The van der Waals surface area contributed by atoms with Crippen LogP contribution in [0.15, 0.2) is 30.3 Å². The number of esters is 1. The number of thiocarbonyl (C=S) groups is 1. The van der Waals surface area contributed by atoms with E-state index in [1.807, 2.05) is 18.2 Å². The molecule has 29 heavy (non-hydrogen) atoms. The summed E-state index contributed by atoms with van der Waals surface area (Å²) in [6.45, 7) is 1.44. The molecule has 1 fully saturated rings. The van der Waals surface area contributed by atoms with Gasteiger partial charge in [0.05, 0.1) is 19.7 Å². The maximum atomic E-state index is 12.1. The topological polar surface area (TPSA) is 67.9 Å². The van der Waals surface area contributed by atoms with E-state index in [0.29, 0.717) is 50.6 Å². The minimum absolute atomic E-state index is 0.0132. The van der Waals surface area contributed by atoms with Crippen molar-refractivity contribution in [2.24, 2.45) is 0 Å². The van der Waals surface area contributed by atoms with Gasteiger partial charge in [-0.1, -0.05) is 36.3 Å². The number of hydrogen-bond donors (Lipinski definition) is 1. The Balaban J connectivity index is 1.66. The van der Waals surface area contributed by atoms with Gasteiger partial charge in [0.25, 0.3) is 5.17 Å². The molecule has 6 nitrogen and oxygen atoms in total. The molecule has 0 saturated carbocycles. The Morgan fingerprint density at radius 1 is 1.31 bits per heavy atom.